The van der Waals surface area contributed by atoms with Crippen molar-refractivity contribution in [2.75, 3.05) is 44.4 Å². The summed E-state index contributed by atoms with van der Waals surface area (Å²) in [6.45, 7) is 4.05. The Morgan fingerprint density at radius 1 is 1.14 bits per heavy atom. The number of amides is 1. The molecule has 194 valence electrons. The van der Waals surface area contributed by atoms with E-state index in [1.54, 1.807) is 6.20 Å². The molecule has 1 amide bonds. The van der Waals surface area contributed by atoms with Crippen LogP contribution in [0.4, 0.5) is 30.6 Å². The average molecular weight is 503 g/mol. The Morgan fingerprint density at radius 3 is 2.56 bits per heavy atom. The number of nitrogens with zero attached hydrogens (tertiary/aromatic N) is 3. The molecular formula is C26H33F3N6O. The third-order valence-corrected chi connectivity index (χ3v) is 4.76. The maximum atomic E-state index is 12.8. The van der Waals surface area contributed by atoms with Crippen LogP contribution in [0.25, 0.3) is 0 Å². The highest BCUT2D eigenvalue weighted by molar-refractivity contribution is 5.77. The number of unbranched alkanes of at least 4 members (excludes halogenated alkanes) is 1. The van der Waals surface area contributed by atoms with Crippen molar-refractivity contribution in [1.82, 2.24) is 20.2 Å². The lowest BCUT2D eigenvalue weighted by Crippen LogP contribution is -2.23. The zero-order chi connectivity index (χ0) is 26.4. The molecule has 0 bridgehead atoms. The molecule has 1 aromatic heterocycles. The van der Waals surface area contributed by atoms with Crippen LogP contribution in [0.5, 0.6) is 0 Å². The maximum absolute atomic E-state index is 12.8. The molecule has 0 aliphatic rings. The van der Waals surface area contributed by atoms with Crippen LogP contribution in [0.2, 0.25) is 0 Å². The number of carbonyl (C=O) groups excluding carboxylic acids is 1. The van der Waals surface area contributed by atoms with Crippen molar-refractivity contribution in [2.24, 2.45) is 0 Å². The standard InChI is InChI=1S/C26H33F3N6O/c1-4-16-31-24-20(10-6-5-8-17-30-23(36)11-7-9-18-35(2)3)19-32-25(34-24)33-22-14-12-21(13-15-22)26(27,28)29/h7,9,12-15,19H,4-5,8,11,16-18H2,1-3H3,(H,30,36)(H2,31,32,33,34)/b9-7+. The number of hydrogen-bond acceptors (Lipinski definition) is 6. The predicted molar refractivity (Wildman–Crippen MR) is 137 cm³/mol. The molecule has 36 heavy (non-hydrogen) atoms. The molecule has 2 aromatic rings. The van der Waals surface area contributed by atoms with Gasteiger partial charge in [-0.3, -0.25) is 4.79 Å². The van der Waals surface area contributed by atoms with E-state index in [9.17, 15) is 18.0 Å². The van der Waals surface area contributed by atoms with E-state index >= 15 is 0 Å². The molecule has 0 saturated heterocycles. The zero-order valence-electron chi connectivity index (χ0n) is 20.9. The highest BCUT2D eigenvalue weighted by Crippen LogP contribution is 2.30. The quantitative estimate of drug-likeness (QED) is 0.219. The van der Waals surface area contributed by atoms with E-state index in [2.05, 4.69) is 37.8 Å². The number of hydrogen-bond donors (Lipinski definition) is 3. The molecule has 1 aromatic carbocycles. The van der Waals surface area contributed by atoms with E-state index in [0.717, 1.165) is 25.1 Å². The topological polar surface area (TPSA) is 82.2 Å². The van der Waals surface area contributed by atoms with Crippen LogP contribution in [0.15, 0.2) is 42.6 Å². The van der Waals surface area contributed by atoms with Gasteiger partial charge in [-0.05, 0) is 51.2 Å². The fraction of sp³-hybridized carbons (Fsp3) is 0.423. The first kappa shape index (κ1) is 28.7. The van der Waals surface area contributed by atoms with Crippen LogP contribution in [0.1, 0.15) is 43.7 Å². The molecule has 0 saturated carbocycles. The van der Waals surface area contributed by atoms with Crippen molar-refractivity contribution >= 4 is 23.4 Å². The van der Waals surface area contributed by atoms with Gasteiger partial charge < -0.3 is 20.9 Å². The summed E-state index contributed by atoms with van der Waals surface area (Å²) >= 11 is 0. The van der Waals surface area contributed by atoms with Gasteiger partial charge in [-0.2, -0.15) is 18.2 Å². The number of rotatable bonds is 12. The van der Waals surface area contributed by atoms with Crippen LogP contribution in [-0.2, 0) is 11.0 Å². The van der Waals surface area contributed by atoms with Gasteiger partial charge in [0, 0.05) is 38.2 Å². The Morgan fingerprint density at radius 2 is 1.89 bits per heavy atom. The minimum absolute atomic E-state index is 0.0199. The number of alkyl halides is 3. The minimum Gasteiger partial charge on any atom is -0.369 e. The molecule has 7 nitrogen and oxygen atoms in total. The van der Waals surface area contributed by atoms with Gasteiger partial charge in [0.1, 0.15) is 5.82 Å². The SMILES string of the molecule is CCCNc1nc(Nc2ccc(C(F)(F)F)cc2)ncc1C#CCCCNC(=O)C/C=C/CN(C)C. The van der Waals surface area contributed by atoms with Gasteiger partial charge in [0.05, 0.1) is 17.3 Å². The summed E-state index contributed by atoms with van der Waals surface area (Å²) < 4.78 is 38.3. The van der Waals surface area contributed by atoms with E-state index in [4.69, 9.17) is 0 Å². The highest BCUT2D eigenvalue weighted by atomic mass is 19.4. The number of aromatic nitrogens is 2. The Labute approximate surface area is 210 Å². The second-order valence-corrected chi connectivity index (χ2v) is 8.28. The summed E-state index contributed by atoms with van der Waals surface area (Å²) in [5.74, 6) is 6.92. The molecule has 0 unspecified atom stereocenters. The largest absolute Gasteiger partial charge is 0.416 e. The first-order valence-electron chi connectivity index (χ1n) is 11.8. The predicted octanol–water partition coefficient (Wildman–Crippen LogP) is 4.82. The summed E-state index contributed by atoms with van der Waals surface area (Å²) in [6, 6.07) is 4.67. The van der Waals surface area contributed by atoms with Crippen LogP contribution in [0.3, 0.4) is 0 Å². The lowest BCUT2D eigenvalue weighted by Gasteiger charge is -2.11. The monoisotopic (exact) mass is 502 g/mol. The third-order valence-electron chi connectivity index (χ3n) is 4.76. The van der Waals surface area contributed by atoms with Crippen molar-refractivity contribution < 1.29 is 18.0 Å². The van der Waals surface area contributed by atoms with Crippen molar-refractivity contribution in [3.05, 3.63) is 53.7 Å². The molecule has 0 atom stereocenters. The summed E-state index contributed by atoms with van der Waals surface area (Å²) in [5.41, 5.74) is 0.344. The van der Waals surface area contributed by atoms with Crippen molar-refractivity contribution in [2.45, 2.75) is 38.8 Å². The molecule has 10 heteroatoms. The third kappa shape index (κ3) is 10.8. The van der Waals surface area contributed by atoms with E-state index in [1.807, 2.05) is 38.1 Å². The highest BCUT2D eigenvalue weighted by Gasteiger charge is 2.29. The van der Waals surface area contributed by atoms with E-state index in [-0.39, 0.29) is 11.9 Å². The molecule has 2 rings (SSSR count). The first-order valence-corrected chi connectivity index (χ1v) is 11.8. The van der Waals surface area contributed by atoms with Crippen molar-refractivity contribution in [1.29, 1.82) is 0 Å². The Balaban J connectivity index is 1.91. The first-order chi connectivity index (χ1) is 17.2. The lowest BCUT2D eigenvalue weighted by molar-refractivity contribution is -0.137. The second-order valence-electron chi connectivity index (χ2n) is 8.28. The van der Waals surface area contributed by atoms with Gasteiger partial charge >= 0.3 is 6.18 Å². The average Bonchev–Trinajstić information content (AvgIpc) is 2.83. The Kier molecular flexibility index (Phi) is 11.7. The molecular weight excluding hydrogens is 469 g/mol. The van der Waals surface area contributed by atoms with E-state index in [0.29, 0.717) is 49.4 Å². The van der Waals surface area contributed by atoms with E-state index < -0.39 is 11.7 Å². The van der Waals surface area contributed by atoms with Crippen LogP contribution >= 0.6 is 0 Å². The smallest absolute Gasteiger partial charge is 0.369 e. The van der Waals surface area contributed by atoms with Gasteiger partial charge in [-0.1, -0.05) is 30.9 Å². The van der Waals surface area contributed by atoms with Gasteiger partial charge in [-0.15, -0.1) is 0 Å². The zero-order valence-corrected chi connectivity index (χ0v) is 20.9. The van der Waals surface area contributed by atoms with Gasteiger partial charge in [-0.25, -0.2) is 4.98 Å². The van der Waals surface area contributed by atoms with Crippen LogP contribution in [0, 0.1) is 11.8 Å². The van der Waals surface area contributed by atoms with E-state index in [1.165, 1.54) is 12.1 Å². The fourth-order valence-corrected chi connectivity index (χ4v) is 2.89. The van der Waals surface area contributed by atoms with Crippen molar-refractivity contribution in [3.63, 3.8) is 0 Å². The second kappa shape index (κ2) is 14.7. The molecule has 0 fully saturated rings. The molecule has 3 N–H and O–H groups in total. The summed E-state index contributed by atoms with van der Waals surface area (Å²) in [4.78, 5) is 22.5. The number of halogens is 3. The molecule has 0 aliphatic heterocycles. The summed E-state index contributed by atoms with van der Waals surface area (Å²) in [7, 11) is 3.93. The number of benzene rings is 1. The normalized spacial score (nSPS) is 11.3. The van der Waals surface area contributed by atoms with Crippen molar-refractivity contribution in [3.8, 4) is 11.8 Å². The molecule has 0 aliphatic carbocycles. The number of nitrogens with one attached hydrogen (secondary N) is 3. The fourth-order valence-electron chi connectivity index (χ4n) is 2.89. The lowest BCUT2D eigenvalue weighted by atomic mass is 10.2. The number of anilines is 3. The molecule has 0 radical (unpaired) electrons. The summed E-state index contributed by atoms with van der Waals surface area (Å²) in [6.07, 6.45) is 3.55. The minimum atomic E-state index is -4.39. The number of carbonyl (C=O) groups is 1. The van der Waals surface area contributed by atoms with Crippen LogP contribution < -0.4 is 16.0 Å². The van der Waals surface area contributed by atoms with Gasteiger partial charge in [0.2, 0.25) is 11.9 Å². The maximum Gasteiger partial charge on any atom is 0.416 e. The van der Waals surface area contributed by atoms with Crippen LogP contribution in [-0.4, -0.2) is 54.5 Å². The Bertz CT molecular complexity index is 1060. The molecule has 1 heterocycles. The molecule has 0 spiro atoms. The van der Waals surface area contributed by atoms with Gasteiger partial charge in [0.25, 0.3) is 0 Å². The summed E-state index contributed by atoms with van der Waals surface area (Å²) in [5, 5.41) is 9.00. The Hall–Kier alpha value is -3.58. The number of likely N-dealkylation sites (N-methyl/N-ethyl adjacent to an activating group) is 1. The van der Waals surface area contributed by atoms with Gasteiger partial charge in [0.15, 0.2) is 0 Å².